The molecule has 0 spiro atoms. The Morgan fingerprint density at radius 1 is 1.64 bits per heavy atom. The Morgan fingerprint density at radius 3 is 2.64 bits per heavy atom. The van der Waals surface area contributed by atoms with E-state index in [1.165, 1.54) is 5.57 Å². The fourth-order valence-electron chi connectivity index (χ4n) is 0.961. The van der Waals surface area contributed by atoms with Gasteiger partial charge in [-0.2, -0.15) is 0 Å². The summed E-state index contributed by atoms with van der Waals surface area (Å²) in [4.78, 5) is 4.97. The molecule has 11 heavy (non-hydrogen) atoms. The summed E-state index contributed by atoms with van der Waals surface area (Å²) in [7, 11) is 0. The first-order valence-corrected chi connectivity index (χ1v) is 3.60. The monoisotopic (exact) mass is 151 g/mol. The molecule has 0 unspecified atom stereocenters. The fourth-order valence-corrected chi connectivity index (χ4v) is 0.961. The molecule has 1 aliphatic heterocycles. The summed E-state index contributed by atoms with van der Waals surface area (Å²) in [5.41, 5.74) is 1.54. The molecule has 0 aromatic heterocycles. The first kappa shape index (κ1) is 8.31. The average Bonchev–Trinajstić information content (AvgIpc) is 2.08. The topological polar surface area (TPSA) is 21.6 Å². The molecular formula is C9H13NO. The first-order chi connectivity index (χ1) is 4.99. The van der Waals surface area contributed by atoms with Crippen LogP contribution in [0.1, 0.15) is 20.3 Å². The van der Waals surface area contributed by atoms with Crippen molar-refractivity contribution in [2.45, 2.75) is 25.9 Å². The van der Waals surface area contributed by atoms with E-state index in [9.17, 15) is 0 Å². The third-order valence-corrected chi connectivity index (χ3v) is 1.32. The standard InChI is InChI=1S/C9H13NO/c1-7(2)5-8-6-9(3,4)11-10-8/h5H,3-4,6H2,1-2H3. The maximum Gasteiger partial charge on any atom is 0.143 e. The minimum Gasteiger partial charge on any atom is -0.389 e. The predicted molar refractivity (Wildman–Crippen MR) is 46.0 cm³/mol. The van der Waals surface area contributed by atoms with E-state index in [1.807, 2.05) is 19.9 Å². The average molecular weight is 151 g/mol. The summed E-state index contributed by atoms with van der Waals surface area (Å²) in [5, 5.41) is 3.84. The Hall–Kier alpha value is -0.790. The Balaban J connectivity index is 2.61. The molecule has 0 aromatic carbocycles. The highest BCUT2D eigenvalue weighted by molar-refractivity contribution is 5.96. The number of nitrogens with zero attached hydrogens (tertiary/aromatic N) is 1. The number of hydrogen-bond acceptors (Lipinski definition) is 2. The molecule has 0 saturated carbocycles. The third kappa shape index (κ3) is 2.37. The van der Waals surface area contributed by atoms with Crippen LogP contribution < -0.4 is 0 Å². The molecule has 0 amide bonds. The molecule has 0 fully saturated rings. The van der Waals surface area contributed by atoms with E-state index in [-0.39, 0.29) is 0 Å². The van der Waals surface area contributed by atoms with Crippen molar-refractivity contribution >= 4 is 5.71 Å². The van der Waals surface area contributed by atoms with Crippen molar-refractivity contribution in [2.75, 3.05) is 0 Å². The van der Waals surface area contributed by atoms with Crippen molar-refractivity contribution in [3.05, 3.63) is 25.5 Å². The summed E-state index contributed by atoms with van der Waals surface area (Å²) < 4.78 is 0. The van der Waals surface area contributed by atoms with Gasteiger partial charge in [-0.15, -0.1) is 0 Å². The van der Waals surface area contributed by atoms with Crippen molar-refractivity contribution in [3.8, 4) is 0 Å². The van der Waals surface area contributed by atoms with Crippen LogP contribution in [0.15, 0.2) is 16.8 Å². The van der Waals surface area contributed by atoms with Gasteiger partial charge in [-0.1, -0.05) is 10.7 Å². The van der Waals surface area contributed by atoms with Crippen LogP contribution in [-0.4, -0.2) is 11.3 Å². The highest BCUT2D eigenvalue weighted by Crippen LogP contribution is 2.22. The van der Waals surface area contributed by atoms with Crippen molar-refractivity contribution in [1.29, 1.82) is 0 Å². The summed E-state index contributed by atoms with van der Waals surface area (Å²) in [6.45, 7) is 11.5. The predicted octanol–water partition coefficient (Wildman–Crippen LogP) is 2.14. The summed E-state index contributed by atoms with van der Waals surface area (Å²) in [6.07, 6.45) is 2.68. The van der Waals surface area contributed by atoms with Gasteiger partial charge < -0.3 is 4.84 Å². The van der Waals surface area contributed by atoms with Crippen LogP contribution >= 0.6 is 0 Å². The normalized spacial score (nSPS) is 20.5. The number of allylic oxidation sites excluding steroid dienone is 2. The molecule has 1 aliphatic rings. The number of oxime groups is 1. The summed E-state index contributed by atoms with van der Waals surface area (Å²) >= 11 is 0. The van der Waals surface area contributed by atoms with Gasteiger partial charge in [0.25, 0.3) is 0 Å². The molecule has 60 valence electrons. The summed E-state index contributed by atoms with van der Waals surface area (Å²) in [6, 6.07) is 0. The van der Waals surface area contributed by atoms with Gasteiger partial charge in [-0.3, -0.25) is 0 Å². The number of hydrogen-bond donors (Lipinski definition) is 0. The zero-order chi connectivity index (χ0) is 8.48. The van der Waals surface area contributed by atoms with Crippen molar-refractivity contribution in [1.82, 2.24) is 0 Å². The van der Waals surface area contributed by atoms with E-state index >= 15 is 0 Å². The maximum atomic E-state index is 4.97. The van der Waals surface area contributed by atoms with Gasteiger partial charge in [0.2, 0.25) is 0 Å². The van der Waals surface area contributed by atoms with Gasteiger partial charge in [-0.25, -0.2) is 0 Å². The van der Waals surface area contributed by atoms with Crippen LogP contribution in [0.25, 0.3) is 0 Å². The van der Waals surface area contributed by atoms with E-state index in [4.69, 9.17) is 4.84 Å². The van der Waals surface area contributed by atoms with Gasteiger partial charge in [0.05, 0.1) is 5.71 Å². The second-order valence-corrected chi connectivity index (χ2v) is 3.26. The smallest absolute Gasteiger partial charge is 0.143 e. The largest absolute Gasteiger partial charge is 0.389 e. The molecule has 1 rings (SSSR count). The van der Waals surface area contributed by atoms with Gasteiger partial charge in [0.1, 0.15) is 5.60 Å². The van der Waals surface area contributed by atoms with Crippen molar-refractivity contribution in [2.24, 2.45) is 5.16 Å². The minimum absolute atomic E-state index is 0.596. The van der Waals surface area contributed by atoms with Gasteiger partial charge in [0, 0.05) is 6.42 Å². The van der Waals surface area contributed by atoms with Gasteiger partial charge in [-0.05, 0) is 33.8 Å². The van der Waals surface area contributed by atoms with Crippen LogP contribution in [0.2, 0.25) is 0 Å². The molecule has 0 aliphatic carbocycles. The molecule has 0 bridgehead atoms. The molecule has 2 nitrogen and oxygen atoms in total. The van der Waals surface area contributed by atoms with E-state index in [2.05, 4.69) is 19.0 Å². The molecule has 2 heteroatoms. The molecular weight excluding hydrogens is 138 g/mol. The van der Waals surface area contributed by atoms with Crippen LogP contribution in [0.4, 0.5) is 0 Å². The zero-order valence-corrected chi connectivity index (χ0v) is 7.05. The quantitative estimate of drug-likeness (QED) is 0.562. The van der Waals surface area contributed by atoms with Crippen LogP contribution in [-0.2, 0) is 4.84 Å². The fraction of sp³-hybridized carbons (Fsp3) is 0.444. The Labute approximate surface area is 67.9 Å². The van der Waals surface area contributed by atoms with E-state index in [0.29, 0.717) is 6.42 Å². The molecule has 1 heterocycles. The second kappa shape index (κ2) is 2.68. The minimum atomic E-state index is -0.596. The van der Waals surface area contributed by atoms with Gasteiger partial charge in [0.15, 0.2) is 0 Å². The Morgan fingerprint density at radius 2 is 2.27 bits per heavy atom. The van der Waals surface area contributed by atoms with Crippen molar-refractivity contribution < 1.29 is 4.84 Å². The maximum absolute atomic E-state index is 4.97. The zero-order valence-electron chi connectivity index (χ0n) is 7.05. The molecule has 0 aromatic rings. The Kier molecular flexibility index (Phi) is 2.03. The van der Waals surface area contributed by atoms with Crippen LogP contribution in [0, 0.1) is 13.8 Å². The van der Waals surface area contributed by atoms with E-state index < -0.39 is 5.60 Å². The first-order valence-electron chi connectivity index (χ1n) is 3.60. The van der Waals surface area contributed by atoms with Gasteiger partial charge >= 0.3 is 0 Å². The third-order valence-electron chi connectivity index (χ3n) is 1.32. The molecule has 0 saturated heterocycles. The Bertz CT molecular complexity index is 210. The highest BCUT2D eigenvalue weighted by Gasteiger charge is 2.27. The molecule has 0 atom stereocenters. The lowest BCUT2D eigenvalue weighted by molar-refractivity contribution is 0.0549. The highest BCUT2D eigenvalue weighted by atomic mass is 16.7. The van der Waals surface area contributed by atoms with E-state index in [0.717, 1.165) is 5.71 Å². The van der Waals surface area contributed by atoms with E-state index in [1.54, 1.807) is 0 Å². The lowest BCUT2D eigenvalue weighted by atomic mass is 10.0. The second-order valence-electron chi connectivity index (χ2n) is 3.26. The molecule has 0 N–H and O–H groups in total. The molecule has 2 radical (unpaired) electrons. The SMILES string of the molecule is [CH2]C1([CH2])CC(C=C(C)C)=NO1. The van der Waals surface area contributed by atoms with Crippen LogP contribution in [0.3, 0.4) is 0 Å². The lowest BCUT2D eigenvalue weighted by Crippen LogP contribution is -2.19. The lowest BCUT2D eigenvalue weighted by Gasteiger charge is -2.12. The van der Waals surface area contributed by atoms with Crippen molar-refractivity contribution in [3.63, 3.8) is 0 Å². The summed E-state index contributed by atoms with van der Waals surface area (Å²) in [5.74, 6) is 0. The number of rotatable bonds is 1. The van der Waals surface area contributed by atoms with Crippen LogP contribution in [0.5, 0.6) is 0 Å².